The van der Waals surface area contributed by atoms with Gasteiger partial charge in [-0.15, -0.1) is 0 Å². The molecule has 3 rings (SSSR count). The summed E-state index contributed by atoms with van der Waals surface area (Å²) < 4.78 is 1.65. The molecule has 5 nitrogen and oxygen atoms in total. The molecule has 1 aliphatic heterocycles. The van der Waals surface area contributed by atoms with Crippen molar-refractivity contribution >= 4 is 29.1 Å². The molecule has 1 aromatic carbocycles. The molecule has 0 saturated carbocycles. The van der Waals surface area contributed by atoms with Crippen molar-refractivity contribution in [2.75, 3.05) is 26.2 Å². The van der Waals surface area contributed by atoms with Crippen molar-refractivity contribution in [2.24, 2.45) is 7.05 Å². The molecule has 1 fully saturated rings. The molecule has 7 heteroatoms. The van der Waals surface area contributed by atoms with Crippen molar-refractivity contribution in [1.29, 1.82) is 0 Å². The molecular weight excluding hydrogens is 347 g/mol. The van der Waals surface area contributed by atoms with E-state index in [2.05, 4.69) is 10.00 Å². The number of benzene rings is 1. The Morgan fingerprint density at radius 3 is 2.33 bits per heavy atom. The molecule has 2 aromatic rings. The van der Waals surface area contributed by atoms with Crippen LogP contribution in [0.25, 0.3) is 0 Å². The molecule has 0 N–H and O–H groups in total. The van der Waals surface area contributed by atoms with Gasteiger partial charge in [-0.2, -0.15) is 5.10 Å². The van der Waals surface area contributed by atoms with Gasteiger partial charge in [-0.1, -0.05) is 29.3 Å². The van der Waals surface area contributed by atoms with Gasteiger partial charge in [0.25, 0.3) is 5.91 Å². The van der Waals surface area contributed by atoms with E-state index in [9.17, 15) is 4.79 Å². The lowest BCUT2D eigenvalue weighted by molar-refractivity contribution is 0.0618. The minimum Gasteiger partial charge on any atom is -0.335 e. The van der Waals surface area contributed by atoms with Gasteiger partial charge in [-0.3, -0.25) is 14.4 Å². The van der Waals surface area contributed by atoms with Crippen LogP contribution in [0.2, 0.25) is 10.0 Å². The van der Waals surface area contributed by atoms with Crippen LogP contribution in [0.4, 0.5) is 0 Å². The van der Waals surface area contributed by atoms with E-state index in [0.717, 1.165) is 24.3 Å². The summed E-state index contributed by atoms with van der Waals surface area (Å²) in [5.74, 6) is 0.0357. The summed E-state index contributed by atoms with van der Waals surface area (Å²) in [6.45, 7) is 5.55. The number of amides is 1. The summed E-state index contributed by atoms with van der Waals surface area (Å²) >= 11 is 12.5. The van der Waals surface area contributed by atoms with Crippen molar-refractivity contribution in [2.45, 2.75) is 13.5 Å². The number of carbonyl (C=O) groups excluding carboxylic acids is 1. The van der Waals surface area contributed by atoms with Crippen LogP contribution in [-0.2, 0) is 13.6 Å². The molecule has 1 amide bonds. The molecule has 2 heterocycles. The zero-order valence-corrected chi connectivity index (χ0v) is 15.3. The van der Waals surface area contributed by atoms with Gasteiger partial charge in [-0.05, 0) is 25.1 Å². The molecule has 1 saturated heterocycles. The largest absolute Gasteiger partial charge is 0.335 e. The third-order valence-electron chi connectivity index (χ3n) is 4.32. The Labute approximate surface area is 151 Å². The third-order valence-corrected chi connectivity index (χ3v) is 5.03. The first kappa shape index (κ1) is 17.3. The molecule has 24 heavy (non-hydrogen) atoms. The molecule has 0 aliphatic carbocycles. The SMILES string of the molecule is Cc1cc(C(=O)N2CCN(Cc3c(Cl)cccc3Cl)CC2)n(C)n1. The quantitative estimate of drug-likeness (QED) is 0.838. The van der Waals surface area contributed by atoms with Crippen LogP contribution in [0.1, 0.15) is 21.7 Å². The Morgan fingerprint density at radius 1 is 1.17 bits per heavy atom. The normalized spacial score (nSPS) is 15.8. The number of piperazine rings is 1. The van der Waals surface area contributed by atoms with E-state index in [1.54, 1.807) is 11.7 Å². The van der Waals surface area contributed by atoms with Crippen molar-refractivity contribution in [1.82, 2.24) is 19.6 Å². The molecule has 0 bridgehead atoms. The number of aromatic nitrogens is 2. The second-order valence-electron chi connectivity index (χ2n) is 6.06. The highest BCUT2D eigenvalue weighted by molar-refractivity contribution is 6.35. The van der Waals surface area contributed by atoms with Gasteiger partial charge in [0.05, 0.1) is 5.69 Å². The summed E-state index contributed by atoms with van der Waals surface area (Å²) in [6, 6.07) is 7.39. The first-order valence-corrected chi connectivity index (χ1v) is 8.66. The maximum absolute atomic E-state index is 12.6. The first-order valence-electron chi connectivity index (χ1n) is 7.91. The molecular formula is C17H20Cl2N4O. The van der Waals surface area contributed by atoms with Crippen LogP contribution in [0, 0.1) is 6.92 Å². The monoisotopic (exact) mass is 366 g/mol. The average Bonchev–Trinajstić information content (AvgIpc) is 2.89. The first-order chi connectivity index (χ1) is 11.5. The second kappa shape index (κ2) is 7.13. The number of nitrogens with zero attached hydrogens (tertiary/aromatic N) is 4. The lowest BCUT2D eigenvalue weighted by Gasteiger charge is -2.35. The topological polar surface area (TPSA) is 41.4 Å². The lowest BCUT2D eigenvalue weighted by atomic mass is 10.2. The summed E-state index contributed by atoms with van der Waals surface area (Å²) in [6.07, 6.45) is 0. The molecule has 0 radical (unpaired) electrons. The van der Waals surface area contributed by atoms with Gasteiger partial charge in [0.15, 0.2) is 0 Å². The molecule has 128 valence electrons. The van der Waals surface area contributed by atoms with Gasteiger partial charge >= 0.3 is 0 Å². The minimum absolute atomic E-state index is 0.0357. The predicted octanol–water partition coefficient (Wildman–Crippen LogP) is 2.99. The number of carbonyl (C=O) groups is 1. The summed E-state index contributed by atoms with van der Waals surface area (Å²) in [5.41, 5.74) is 2.44. The fraction of sp³-hybridized carbons (Fsp3) is 0.412. The number of rotatable bonds is 3. The average molecular weight is 367 g/mol. The van der Waals surface area contributed by atoms with Crippen molar-refractivity contribution in [3.05, 3.63) is 51.3 Å². The van der Waals surface area contributed by atoms with E-state index in [1.807, 2.05) is 36.1 Å². The van der Waals surface area contributed by atoms with E-state index in [-0.39, 0.29) is 5.91 Å². The Balaban J connectivity index is 1.62. The maximum Gasteiger partial charge on any atom is 0.272 e. The zero-order valence-electron chi connectivity index (χ0n) is 13.8. The Morgan fingerprint density at radius 2 is 1.79 bits per heavy atom. The Bertz CT molecular complexity index is 731. The fourth-order valence-corrected chi connectivity index (χ4v) is 3.51. The van der Waals surface area contributed by atoms with Gasteiger partial charge in [0.1, 0.15) is 5.69 Å². The van der Waals surface area contributed by atoms with Crippen molar-refractivity contribution in [3.63, 3.8) is 0 Å². The molecule has 1 aromatic heterocycles. The highest BCUT2D eigenvalue weighted by atomic mass is 35.5. The van der Waals surface area contributed by atoms with Gasteiger partial charge in [0.2, 0.25) is 0 Å². The summed E-state index contributed by atoms with van der Waals surface area (Å²) in [5, 5.41) is 5.62. The number of halogens is 2. The van der Waals surface area contributed by atoms with E-state index in [0.29, 0.717) is 35.4 Å². The van der Waals surface area contributed by atoms with Crippen LogP contribution < -0.4 is 0 Å². The molecule has 0 atom stereocenters. The van der Waals surface area contributed by atoms with E-state index < -0.39 is 0 Å². The van der Waals surface area contributed by atoms with Crippen LogP contribution in [0.5, 0.6) is 0 Å². The van der Waals surface area contributed by atoms with Crippen LogP contribution in [0.3, 0.4) is 0 Å². The predicted molar refractivity (Wildman–Crippen MR) is 95.6 cm³/mol. The number of aryl methyl sites for hydroxylation is 2. The Hall–Kier alpha value is -1.56. The fourth-order valence-electron chi connectivity index (χ4n) is 2.99. The maximum atomic E-state index is 12.6. The third kappa shape index (κ3) is 3.58. The molecule has 1 aliphatic rings. The van der Waals surface area contributed by atoms with Gasteiger partial charge < -0.3 is 4.90 Å². The summed E-state index contributed by atoms with van der Waals surface area (Å²) in [4.78, 5) is 16.8. The van der Waals surface area contributed by atoms with E-state index in [4.69, 9.17) is 23.2 Å². The van der Waals surface area contributed by atoms with E-state index in [1.165, 1.54) is 0 Å². The number of hydrogen-bond acceptors (Lipinski definition) is 3. The number of hydrogen-bond donors (Lipinski definition) is 0. The highest BCUT2D eigenvalue weighted by Gasteiger charge is 2.25. The molecule has 0 unspecified atom stereocenters. The van der Waals surface area contributed by atoms with Crippen LogP contribution >= 0.6 is 23.2 Å². The minimum atomic E-state index is 0.0357. The smallest absolute Gasteiger partial charge is 0.272 e. The van der Waals surface area contributed by atoms with Crippen LogP contribution in [-0.4, -0.2) is 51.7 Å². The Kier molecular flexibility index (Phi) is 5.13. The lowest BCUT2D eigenvalue weighted by Crippen LogP contribution is -2.48. The highest BCUT2D eigenvalue weighted by Crippen LogP contribution is 2.26. The van der Waals surface area contributed by atoms with E-state index >= 15 is 0 Å². The van der Waals surface area contributed by atoms with Crippen molar-refractivity contribution < 1.29 is 4.79 Å². The standard InChI is InChI=1S/C17H20Cl2N4O/c1-12-10-16(21(2)20-12)17(24)23-8-6-22(7-9-23)11-13-14(18)4-3-5-15(13)19/h3-5,10H,6-9,11H2,1-2H3. The second-order valence-corrected chi connectivity index (χ2v) is 6.88. The van der Waals surface area contributed by atoms with Crippen LogP contribution in [0.15, 0.2) is 24.3 Å². The zero-order chi connectivity index (χ0) is 17.3. The van der Waals surface area contributed by atoms with Crippen molar-refractivity contribution in [3.8, 4) is 0 Å². The summed E-state index contributed by atoms with van der Waals surface area (Å²) in [7, 11) is 1.80. The van der Waals surface area contributed by atoms with Gasteiger partial charge in [-0.25, -0.2) is 0 Å². The van der Waals surface area contributed by atoms with Gasteiger partial charge in [0, 0.05) is 55.4 Å². The molecule has 0 spiro atoms.